The molecule has 1 amide bonds. The molecular formula is C36H42BrF3N7O6P. The highest BCUT2D eigenvalue weighted by Gasteiger charge is 2.38. The second kappa shape index (κ2) is 17.3. The largest absolute Gasteiger partial charge is 0.494 e. The number of alkyl halides is 3. The van der Waals surface area contributed by atoms with Gasteiger partial charge in [0, 0.05) is 60.9 Å². The van der Waals surface area contributed by atoms with Gasteiger partial charge < -0.3 is 39.6 Å². The van der Waals surface area contributed by atoms with Gasteiger partial charge in [-0.3, -0.25) is 9.78 Å². The summed E-state index contributed by atoms with van der Waals surface area (Å²) in [7, 11) is -1.03. The minimum Gasteiger partial charge on any atom is -0.494 e. The Morgan fingerprint density at radius 1 is 1.09 bits per heavy atom. The van der Waals surface area contributed by atoms with Crippen LogP contribution in [-0.4, -0.2) is 102 Å². The number of aliphatic carboxylic acids is 1. The van der Waals surface area contributed by atoms with Gasteiger partial charge in [-0.05, 0) is 72.6 Å². The van der Waals surface area contributed by atoms with E-state index in [-0.39, 0.29) is 18.6 Å². The van der Waals surface area contributed by atoms with Crippen LogP contribution in [0.1, 0.15) is 31.7 Å². The molecule has 0 unspecified atom stereocenters. The van der Waals surface area contributed by atoms with Crippen molar-refractivity contribution in [3.63, 3.8) is 0 Å². The molecule has 0 bridgehead atoms. The number of amides is 1. The third-order valence-corrected chi connectivity index (χ3v) is 11.2. The SMILES string of the molecule is CCc1cc(Nc2ncc(Br)c(Nc3cnc4ccccc4c3P(C)(C)=O)n2)c(OC)cc1N1CCC(N2CCCOCC2=O)CC1.O=C(O)C(F)(F)F. The zero-order valence-electron chi connectivity index (χ0n) is 30.2. The maximum atomic E-state index is 13.5. The van der Waals surface area contributed by atoms with Crippen molar-refractivity contribution in [2.24, 2.45) is 0 Å². The number of benzene rings is 2. The van der Waals surface area contributed by atoms with Crippen LogP contribution in [0.15, 0.2) is 53.3 Å². The first-order chi connectivity index (χ1) is 25.6. The first-order valence-electron chi connectivity index (χ1n) is 17.2. The molecule has 0 saturated carbocycles. The Bertz CT molecular complexity index is 2040. The number of carboxylic acid groups (broad SMARTS) is 1. The number of hydrogen-bond donors (Lipinski definition) is 3. The van der Waals surface area contributed by atoms with Crippen LogP contribution in [0.25, 0.3) is 10.9 Å². The summed E-state index contributed by atoms with van der Waals surface area (Å²) in [5.41, 5.74) is 4.49. The molecule has 0 atom stereocenters. The van der Waals surface area contributed by atoms with Gasteiger partial charge in [-0.2, -0.15) is 18.2 Å². The van der Waals surface area contributed by atoms with Crippen LogP contribution in [-0.2, 0) is 25.3 Å². The van der Waals surface area contributed by atoms with Crippen molar-refractivity contribution in [1.82, 2.24) is 19.9 Å². The predicted molar refractivity (Wildman–Crippen MR) is 206 cm³/mol. The molecule has 0 spiro atoms. The summed E-state index contributed by atoms with van der Waals surface area (Å²) in [6.45, 7) is 8.99. The van der Waals surface area contributed by atoms with E-state index in [2.05, 4.69) is 60.5 Å². The lowest BCUT2D eigenvalue weighted by Gasteiger charge is -2.39. The highest BCUT2D eigenvalue weighted by Crippen LogP contribution is 2.42. The number of halogens is 4. The van der Waals surface area contributed by atoms with E-state index in [1.807, 2.05) is 29.2 Å². The number of carbonyl (C=O) groups is 2. The van der Waals surface area contributed by atoms with Crippen molar-refractivity contribution in [2.75, 3.05) is 68.8 Å². The number of aromatic nitrogens is 3. The number of fused-ring (bicyclic) bond motifs is 1. The molecule has 290 valence electrons. The molecule has 0 radical (unpaired) electrons. The second-order valence-electron chi connectivity index (χ2n) is 13.1. The van der Waals surface area contributed by atoms with Crippen LogP contribution in [0.3, 0.4) is 0 Å². The van der Waals surface area contributed by atoms with Crippen LogP contribution >= 0.6 is 23.1 Å². The highest BCUT2D eigenvalue weighted by atomic mass is 79.9. The van der Waals surface area contributed by atoms with E-state index >= 15 is 0 Å². The third-order valence-electron chi connectivity index (χ3n) is 9.03. The van der Waals surface area contributed by atoms with Gasteiger partial charge in [0.05, 0.1) is 34.7 Å². The lowest BCUT2D eigenvalue weighted by Crippen LogP contribution is -2.48. The Balaban J connectivity index is 0.000000730. The molecule has 0 aliphatic carbocycles. The molecule has 6 rings (SSSR count). The molecule has 2 fully saturated rings. The zero-order chi connectivity index (χ0) is 39.2. The van der Waals surface area contributed by atoms with Crippen molar-refractivity contribution >= 4 is 80.0 Å². The molecule has 2 aliphatic rings. The van der Waals surface area contributed by atoms with Crippen molar-refractivity contribution < 1.29 is 41.9 Å². The average Bonchev–Trinajstić information content (AvgIpc) is 3.36. The quantitative estimate of drug-likeness (QED) is 0.149. The Morgan fingerprint density at radius 2 is 1.80 bits per heavy atom. The average molecular weight is 837 g/mol. The minimum atomic E-state index is -5.08. The number of carboxylic acids is 1. The van der Waals surface area contributed by atoms with Gasteiger partial charge in [-0.1, -0.05) is 25.1 Å². The number of hydrogen-bond acceptors (Lipinski definition) is 11. The maximum Gasteiger partial charge on any atom is 0.490 e. The van der Waals surface area contributed by atoms with Gasteiger partial charge in [0.2, 0.25) is 11.9 Å². The number of methoxy groups -OCH3 is 1. The molecule has 2 aromatic heterocycles. The molecule has 2 aliphatic heterocycles. The number of ether oxygens (including phenoxy) is 2. The Hall–Kier alpha value is -4.47. The summed E-state index contributed by atoms with van der Waals surface area (Å²) >= 11 is 3.58. The molecule has 4 heterocycles. The van der Waals surface area contributed by atoms with E-state index in [0.29, 0.717) is 34.3 Å². The van der Waals surface area contributed by atoms with Crippen molar-refractivity contribution in [2.45, 2.75) is 44.8 Å². The van der Waals surface area contributed by atoms with Crippen LogP contribution in [0.4, 0.5) is 42.0 Å². The molecule has 13 nitrogen and oxygen atoms in total. The summed E-state index contributed by atoms with van der Waals surface area (Å²) in [5, 5.41) is 15.4. The van der Waals surface area contributed by atoms with E-state index in [9.17, 15) is 22.5 Å². The topological polar surface area (TPSA) is 159 Å². The summed E-state index contributed by atoms with van der Waals surface area (Å²) in [5.74, 6) is -1.09. The van der Waals surface area contributed by atoms with E-state index in [0.717, 1.165) is 72.9 Å². The van der Waals surface area contributed by atoms with Gasteiger partial charge in [-0.25, -0.2) is 9.78 Å². The lowest BCUT2D eigenvalue weighted by atomic mass is 9.99. The number of aryl methyl sites for hydroxylation is 1. The number of piperidine rings is 1. The van der Waals surface area contributed by atoms with E-state index in [1.54, 1.807) is 32.8 Å². The second-order valence-corrected chi connectivity index (χ2v) is 17.1. The fourth-order valence-corrected chi connectivity index (χ4v) is 8.28. The van der Waals surface area contributed by atoms with Crippen LogP contribution in [0.5, 0.6) is 5.75 Å². The maximum absolute atomic E-state index is 13.5. The van der Waals surface area contributed by atoms with Crippen molar-refractivity contribution in [3.05, 3.63) is 58.8 Å². The van der Waals surface area contributed by atoms with E-state index in [1.165, 1.54) is 5.56 Å². The number of carbonyl (C=O) groups excluding carboxylic acids is 1. The Labute approximate surface area is 319 Å². The first kappa shape index (κ1) is 40.7. The Kier molecular flexibility index (Phi) is 13.1. The number of nitrogens with zero attached hydrogens (tertiary/aromatic N) is 5. The fourth-order valence-electron chi connectivity index (χ4n) is 6.53. The summed E-state index contributed by atoms with van der Waals surface area (Å²) in [6, 6.07) is 12.1. The fraction of sp³-hybridized carbons (Fsp3) is 0.417. The van der Waals surface area contributed by atoms with Gasteiger partial charge in [0.15, 0.2) is 0 Å². The van der Waals surface area contributed by atoms with Gasteiger partial charge in [0.1, 0.15) is 25.3 Å². The lowest BCUT2D eigenvalue weighted by molar-refractivity contribution is -0.192. The number of para-hydroxylation sites is 1. The van der Waals surface area contributed by atoms with E-state index < -0.39 is 19.3 Å². The standard InChI is InChI=1S/C34H41BrN7O4P.C2HF3O2/c1-5-22-17-27(30(45-2)18-29(22)41-14-11-23(12-15-41)42-13-8-16-46-21-31(42)43)39-34-37-19-25(35)33(40-34)38-28-20-36-26-10-7-6-9-24(26)32(28)47(3,4)44;3-2(4,5)1(6)7/h6-7,9-10,17-20,23H,5,8,11-16,21H2,1-4H3,(H2,37,38,39,40);(H,6,7). The molecule has 3 N–H and O–H groups in total. The highest BCUT2D eigenvalue weighted by molar-refractivity contribution is 9.10. The van der Waals surface area contributed by atoms with Gasteiger partial charge in [-0.15, -0.1) is 0 Å². The monoisotopic (exact) mass is 835 g/mol. The molecule has 54 heavy (non-hydrogen) atoms. The van der Waals surface area contributed by atoms with Gasteiger partial charge in [0.25, 0.3) is 0 Å². The molecular weight excluding hydrogens is 794 g/mol. The number of pyridine rings is 1. The smallest absolute Gasteiger partial charge is 0.490 e. The van der Waals surface area contributed by atoms with Crippen LogP contribution < -0.4 is 25.6 Å². The molecule has 4 aromatic rings. The number of anilines is 5. The minimum absolute atomic E-state index is 0.103. The zero-order valence-corrected chi connectivity index (χ0v) is 32.7. The van der Waals surface area contributed by atoms with Crippen molar-refractivity contribution in [3.8, 4) is 5.75 Å². The first-order valence-corrected chi connectivity index (χ1v) is 20.6. The number of rotatable bonds is 9. The Morgan fingerprint density at radius 3 is 2.44 bits per heavy atom. The molecule has 18 heteroatoms. The number of nitrogens with one attached hydrogen (secondary N) is 2. The van der Waals surface area contributed by atoms with Gasteiger partial charge >= 0.3 is 12.1 Å². The van der Waals surface area contributed by atoms with Crippen LogP contribution in [0, 0.1) is 0 Å². The third kappa shape index (κ3) is 9.79. The molecule has 2 aromatic carbocycles. The molecule has 2 saturated heterocycles. The summed E-state index contributed by atoms with van der Waals surface area (Å²) in [4.78, 5) is 39.8. The summed E-state index contributed by atoms with van der Waals surface area (Å²) in [6.07, 6.45) is 1.85. The van der Waals surface area contributed by atoms with Crippen LogP contribution in [0.2, 0.25) is 0 Å². The van der Waals surface area contributed by atoms with E-state index in [4.69, 9.17) is 24.4 Å². The summed E-state index contributed by atoms with van der Waals surface area (Å²) < 4.78 is 57.2. The van der Waals surface area contributed by atoms with Crippen molar-refractivity contribution in [1.29, 1.82) is 0 Å². The normalized spacial score (nSPS) is 15.7. The predicted octanol–water partition coefficient (Wildman–Crippen LogP) is 6.94.